The molecule has 0 radical (unpaired) electrons. The second kappa shape index (κ2) is 9.30. The summed E-state index contributed by atoms with van der Waals surface area (Å²) in [5, 5.41) is 7.85. The number of likely N-dealkylation sites (tertiary alicyclic amines) is 1. The van der Waals surface area contributed by atoms with E-state index in [2.05, 4.69) is 21.5 Å². The minimum absolute atomic E-state index is 0.150. The van der Waals surface area contributed by atoms with Gasteiger partial charge in [-0.2, -0.15) is 5.10 Å². The molecule has 2 fully saturated rings. The van der Waals surface area contributed by atoms with Gasteiger partial charge in [-0.15, -0.1) is 0 Å². The number of amides is 1. The molecule has 2 aromatic rings. The lowest BCUT2D eigenvalue weighted by Gasteiger charge is -2.32. The summed E-state index contributed by atoms with van der Waals surface area (Å²) >= 11 is 0. The van der Waals surface area contributed by atoms with Crippen molar-refractivity contribution in [1.82, 2.24) is 25.0 Å². The number of nitrogens with one attached hydrogen (secondary N) is 1. The Labute approximate surface area is 166 Å². The van der Waals surface area contributed by atoms with Gasteiger partial charge < -0.3 is 15.0 Å². The molecule has 7 heteroatoms. The van der Waals surface area contributed by atoms with Crippen LogP contribution in [0, 0.1) is 0 Å². The lowest BCUT2D eigenvalue weighted by Crippen LogP contribution is -2.42. The van der Waals surface area contributed by atoms with E-state index in [4.69, 9.17) is 4.74 Å². The molecule has 0 aliphatic carbocycles. The third-order valence-corrected chi connectivity index (χ3v) is 5.74. The molecule has 0 aromatic carbocycles. The van der Waals surface area contributed by atoms with E-state index in [-0.39, 0.29) is 12.0 Å². The first kappa shape index (κ1) is 19.1. The van der Waals surface area contributed by atoms with Gasteiger partial charge in [-0.05, 0) is 50.4 Å². The number of aromatic nitrogens is 3. The predicted molar refractivity (Wildman–Crippen MR) is 106 cm³/mol. The molecule has 7 nitrogen and oxygen atoms in total. The van der Waals surface area contributed by atoms with Gasteiger partial charge in [-0.3, -0.25) is 14.5 Å². The van der Waals surface area contributed by atoms with Gasteiger partial charge in [-0.1, -0.05) is 6.07 Å². The number of pyridine rings is 1. The molecule has 4 heterocycles. The zero-order valence-electron chi connectivity index (χ0n) is 16.3. The highest BCUT2D eigenvalue weighted by Crippen LogP contribution is 2.23. The summed E-state index contributed by atoms with van der Waals surface area (Å²) in [4.78, 5) is 19.0. The van der Waals surface area contributed by atoms with Gasteiger partial charge in [0.15, 0.2) is 0 Å². The van der Waals surface area contributed by atoms with Crippen molar-refractivity contribution in [3.05, 3.63) is 48.0 Å². The van der Waals surface area contributed by atoms with Crippen LogP contribution in [-0.4, -0.2) is 57.9 Å². The van der Waals surface area contributed by atoms with Gasteiger partial charge in [0.2, 0.25) is 5.91 Å². The normalized spacial score (nSPS) is 21.0. The maximum absolute atomic E-state index is 12.8. The van der Waals surface area contributed by atoms with Gasteiger partial charge in [0, 0.05) is 43.6 Å². The number of piperidine rings is 2. The molecule has 28 heavy (non-hydrogen) atoms. The zero-order valence-corrected chi connectivity index (χ0v) is 16.3. The van der Waals surface area contributed by atoms with Crippen LogP contribution in [0.5, 0.6) is 0 Å². The van der Waals surface area contributed by atoms with Gasteiger partial charge in [0.1, 0.15) is 6.54 Å². The second-order valence-electron chi connectivity index (χ2n) is 7.67. The third-order valence-electron chi connectivity index (χ3n) is 5.74. The number of rotatable bonds is 6. The minimum Gasteiger partial charge on any atom is -0.372 e. The fraction of sp³-hybridized carbons (Fsp3) is 0.571. The fourth-order valence-corrected chi connectivity index (χ4v) is 4.11. The first-order chi connectivity index (χ1) is 13.8. The van der Waals surface area contributed by atoms with E-state index in [1.165, 1.54) is 12.1 Å². The molecule has 1 N–H and O–H groups in total. The highest BCUT2D eigenvalue weighted by atomic mass is 16.5. The Morgan fingerprint density at radius 3 is 2.82 bits per heavy atom. The average molecular weight is 383 g/mol. The van der Waals surface area contributed by atoms with Crippen molar-refractivity contribution >= 4 is 5.91 Å². The van der Waals surface area contributed by atoms with Crippen molar-refractivity contribution in [1.29, 1.82) is 0 Å². The summed E-state index contributed by atoms with van der Waals surface area (Å²) in [6.07, 6.45) is 7.87. The molecule has 150 valence electrons. The minimum atomic E-state index is 0.150. The Bertz CT molecular complexity index is 749. The molecule has 2 aromatic heterocycles. The van der Waals surface area contributed by atoms with E-state index in [1.54, 1.807) is 6.20 Å². The van der Waals surface area contributed by atoms with E-state index >= 15 is 0 Å². The molecule has 4 rings (SSSR count). The van der Waals surface area contributed by atoms with Crippen LogP contribution in [-0.2, 0) is 22.7 Å². The van der Waals surface area contributed by atoms with Crippen LogP contribution < -0.4 is 5.32 Å². The van der Waals surface area contributed by atoms with Crippen molar-refractivity contribution in [3.8, 4) is 0 Å². The van der Waals surface area contributed by atoms with Crippen molar-refractivity contribution in [3.63, 3.8) is 0 Å². The fourth-order valence-electron chi connectivity index (χ4n) is 4.11. The first-order valence-corrected chi connectivity index (χ1v) is 10.3. The maximum atomic E-state index is 12.8. The number of hydrogen-bond acceptors (Lipinski definition) is 5. The van der Waals surface area contributed by atoms with Crippen molar-refractivity contribution in [2.45, 2.75) is 50.9 Å². The summed E-state index contributed by atoms with van der Waals surface area (Å²) < 4.78 is 7.87. The van der Waals surface area contributed by atoms with E-state index in [9.17, 15) is 4.79 Å². The summed E-state index contributed by atoms with van der Waals surface area (Å²) in [6, 6.07) is 7.91. The SMILES string of the molecule is O=C(Cn1nccc1[C@H]1CCCNC1)N1CCC(OCc2ccccn2)CC1. The molecular formula is C21H29N5O2. The van der Waals surface area contributed by atoms with Crippen LogP contribution in [0.4, 0.5) is 0 Å². The van der Waals surface area contributed by atoms with Crippen molar-refractivity contribution < 1.29 is 9.53 Å². The summed E-state index contributed by atoms with van der Waals surface area (Å²) in [6.45, 7) is 4.41. The number of hydrogen-bond donors (Lipinski definition) is 1. The third kappa shape index (κ3) is 4.77. The lowest BCUT2D eigenvalue weighted by molar-refractivity contribution is -0.134. The smallest absolute Gasteiger partial charge is 0.244 e. The lowest BCUT2D eigenvalue weighted by atomic mass is 9.96. The van der Waals surface area contributed by atoms with Crippen LogP contribution in [0.2, 0.25) is 0 Å². The quantitative estimate of drug-likeness (QED) is 0.826. The molecule has 1 atom stereocenters. The van der Waals surface area contributed by atoms with Crippen LogP contribution in [0.15, 0.2) is 36.7 Å². The zero-order chi connectivity index (χ0) is 19.2. The van der Waals surface area contributed by atoms with E-state index < -0.39 is 0 Å². The molecule has 0 unspecified atom stereocenters. The van der Waals surface area contributed by atoms with E-state index in [0.717, 1.165) is 51.1 Å². The highest BCUT2D eigenvalue weighted by Gasteiger charge is 2.25. The Hall–Kier alpha value is -2.25. The van der Waals surface area contributed by atoms with Crippen molar-refractivity contribution in [2.24, 2.45) is 0 Å². The van der Waals surface area contributed by atoms with Gasteiger partial charge in [0.05, 0.1) is 18.4 Å². The molecule has 2 saturated heterocycles. The molecule has 1 amide bonds. The Balaban J connectivity index is 1.25. The summed E-state index contributed by atoms with van der Waals surface area (Å²) in [5.74, 6) is 0.603. The van der Waals surface area contributed by atoms with Crippen LogP contribution in [0.1, 0.15) is 43.0 Å². The van der Waals surface area contributed by atoms with E-state index in [0.29, 0.717) is 19.1 Å². The summed E-state index contributed by atoms with van der Waals surface area (Å²) in [5.41, 5.74) is 2.12. The Morgan fingerprint density at radius 1 is 1.18 bits per heavy atom. The molecule has 0 saturated carbocycles. The maximum Gasteiger partial charge on any atom is 0.244 e. The van der Waals surface area contributed by atoms with Crippen LogP contribution in [0.3, 0.4) is 0 Å². The van der Waals surface area contributed by atoms with Crippen LogP contribution >= 0.6 is 0 Å². The molecule has 0 spiro atoms. The molecule has 2 aliphatic rings. The molecule has 2 aliphatic heterocycles. The predicted octanol–water partition coefficient (Wildman–Crippen LogP) is 1.95. The van der Waals surface area contributed by atoms with Gasteiger partial charge in [-0.25, -0.2) is 0 Å². The number of carbonyl (C=O) groups is 1. The number of carbonyl (C=O) groups excluding carboxylic acids is 1. The Kier molecular flexibility index (Phi) is 6.34. The van der Waals surface area contributed by atoms with Crippen LogP contribution in [0.25, 0.3) is 0 Å². The average Bonchev–Trinajstić information content (AvgIpc) is 3.22. The first-order valence-electron chi connectivity index (χ1n) is 10.3. The second-order valence-corrected chi connectivity index (χ2v) is 7.67. The van der Waals surface area contributed by atoms with Gasteiger partial charge >= 0.3 is 0 Å². The largest absolute Gasteiger partial charge is 0.372 e. The molecular weight excluding hydrogens is 354 g/mol. The summed E-state index contributed by atoms with van der Waals surface area (Å²) in [7, 11) is 0. The van der Waals surface area contributed by atoms with Gasteiger partial charge in [0.25, 0.3) is 0 Å². The highest BCUT2D eigenvalue weighted by molar-refractivity contribution is 5.76. The number of ether oxygens (including phenoxy) is 1. The molecule has 0 bridgehead atoms. The van der Waals surface area contributed by atoms with Crippen molar-refractivity contribution in [2.75, 3.05) is 26.2 Å². The Morgan fingerprint density at radius 2 is 2.07 bits per heavy atom. The standard InChI is InChI=1S/C21H29N5O2/c27-21(15-26-20(6-11-24-26)17-4-3-9-22-14-17)25-12-7-19(8-13-25)28-16-18-5-1-2-10-23-18/h1-2,5-6,10-11,17,19,22H,3-4,7-9,12-16H2/t17-/m0/s1. The number of nitrogens with zero attached hydrogens (tertiary/aromatic N) is 4. The topological polar surface area (TPSA) is 72.3 Å². The van der Waals surface area contributed by atoms with E-state index in [1.807, 2.05) is 34.0 Å². The monoisotopic (exact) mass is 383 g/mol.